The summed E-state index contributed by atoms with van der Waals surface area (Å²) in [6.45, 7) is 4.18. The summed E-state index contributed by atoms with van der Waals surface area (Å²) in [6, 6.07) is 10.3. The van der Waals surface area contributed by atoms with Crippen LogP contribution in [0.5, 0.6) is 0 Å². The third-order valence-corrected chi connectivity index (χ3v) is 3.76. The summed E-state index contributed by atoms with van der Waals surface area (Å²) >= 11 is 1.61. The second kappa shape index (κ2) is 4.81. The van der Waals surface area contributed by atoms with Gasteiger partial charge in [0, 0.05) is 11.3 Å². The van der Waals surface area contributed by atoms with Gasteiger partial charge in [-0.05, 0) is 36.4 Å². The summed E-state index contributed by atoms with van der Waals surface area (Å²) in [5, 5.41) is 12.1. The van der Waals surface area contributed by atoms with E-state index in [4.69, 9.17) is 0 Å². The van der Waals surface area contributed by atoms with E-state index in [9.17, 15) is 5.11 Å². The molecule has 0 fully saturated rings. The Labute approximate surface area is 100 Å². The molecule has 0 aliphatic rings. The van der Waals surface area contributed by atoms with Crippen molar-refractivity contribution in [2.45, 2.75) is 26.4 Å². The molecule has 1 aromatic heterocycles. The number of aliphatic hydroxyl groups is 1. The largest absolute Gasteiger partial charge is 0.387 e. The molecule has 1 N–H and O–H groups in total. The average Bonchev–Trinajstić information content (AvgIpc) is 2.76. The zero-order valence-electron chi connectivity index (χ0n) is 9.60. The predicted octanol–water partition coefficient (Wildman–Crippen LogP) is 3.64. The molecule has 0 amide bonds. The highest BCUT2D eigenvalue weighted by atomic mass is 32.1. The van der Waals surface area contributed by atoms with Gasteiger partial charge in [-0.25, -0.2) is 0 Å². The predicted molar refractivity (Wildman–Crippen MR) is 68.9 cm³/mol. The van der Waals surface area contributed by atoms with Gasteiger partial charge in [-0.2, -0.15) is 0 Å². The third kappa shape index (κ3) is 2.52. The maximum absolute atomic E-state index is 10.1. The standard InChI is InChI=1S/C14H16OS/c1-10-5-6-11(2)12(8-10)9-13(15)14-4-3-7-16-14/h3-8,13,15H,9H2,1-2H3. The molecule has 0 aliphatic carbocycles. The number of hydrogen-bond acceptors (Lipinski definition) is 2. The van der Waals surface area contributed by atoms with E-state index in [2.05, 4.69) is 32.0 Å². The highest BCUT2D eigenvalue weighted by Crippen LogP contribution is 2.24. The first-order valence-corrected chi connectivity index (χ1v) is 6.32. The minimum atomic E-state index is -0.375. The Morgan fingerprint density at radius 3 is 2.75 bits per heavy atom. The van der Waals surface area contributed by atoms with Crippen LogP contribution in [-0.4, -0.2) is 5.11 Å². The molecule has 0 bridgehead atoms. The van der Waals surface area contributed by atoms with E-state index >= 15 is 0 Å². The Morgan fingerprint density at radius 2 is 2.06 bits per heavy atom. The molecule has 0 saturated carbocycles. The van der Waals surface area contributed by atoms with Crippen LogP contribution in [0.2, 0.25) is 0 Å². The minimum absolute atomic E-state index is 0.375. The number of aryl methyl sites for hydroxylation is 2. The zero-order chi connectivity index (χ0) is 11.5. The Bertz CT molecular complexity index is 460. The zero-order valence-corrected chi connectivity index (χ0v) is 10.4. The van der Waals surface area contributed by atoms with E-state index in [1.54, 1.807) is 11.3 Å². The Balaban J connectivity index is 2.17. The van der Waals surface area contributed by atoms with Gasteiger partial charge in [0.15, 0.2) is 0 Å². The fourth-order valence-electron chi connectivity index (χ4n) is 1.81. The van der Waals surface area contributed by atoms with Crippen LogP contribution >= 0.6 is 11.3 Å². The van der Waals surface area contributed by atoms with Gasteiger partial charge in [0.1, 0.15) is 0 Å². The Morgan fingerprint density at radius 1 is 1.25 bits per heavy atom. The lowest BCUT2D eigenvalue weighted by molar-refractivity contribution is 0.182. The monoisotopic (exact) mass is 232 g/mol. The van der Waals surface area contributed by atoms with Gasteiger partial charge in [-0.1, -0.05) is 29.8 Å². The molecular weight excluding hydrogens is 216 g/mol. The second-order valence-corrected chi connectivity index (χ2v) is 5.14. The smallest absolute Gasteiger partial charge is 0.0922 e. The summed E-state index contributed by atoms with van der Waals surface area (Å²) in [5.74, 6) is 0. The molecule has 1 atom stereocenters. The van der Waals surface area contributed by atoms with Crippen LogP contribution in [0.25, 0.3) is 0 Å². The molecule has 0 spiro atoms. The van der Waals surface area contributed by atoms with Gasteiger partial charge in [0.25, 0.3) is 0 Å². The SMILES string of the molecule is Cc1ccc(C)c(CC(O)c2cccs2)c1. The van der Waals surface area contributed by atoms with Gasteiger partial charge in [-0.3, -0.25) is 0 Å². The molecule has 0 radical (unpaired) electrons. The van der Waals surface area contributed by atoms with Gasteiger partial charge in [-0.15, -0.1) is 11.3 Å². The number of aliphatic hydroxyl groups excluding tert-OH is 1. The molecule has 1 aromatic carbocycles. The van der Waals surface area contributed by atoms with Crippen molar-refractivity contribution in [1.29, 1.82) is 0 Å². The molecule has 0 saturated heterocycles. The summed E-state index contributed by atoms with van der Waals surface area (Å²) in [5.41, 5.74) is 3.74. The number of hydrogen-bond donors (Lipinski definition) is 1. The normalized spacial score (nSPS) is 12.7. The van der Waals surface area contributed by atoms with Crippen molar-refractivity contribution in [3.05, 3.63) is 57.3 Å². The molecule has 16 heavy (non-hydrogen) atoms. The van der Waals surface area contributed by atoms with Crippen LogP contribution in [0, 0.1) is 13.8 Å². The minimum Gasteiger partial charge on any atom is -0.387 e. The quantitative estimate of drug-likeness (QED) is 0.856. The maximum Gasteiger partial charge on any atom is 0.0922 e. The first-order chi connectivity index (χ1) is 7.66. The maximum atomic E-state index is 10.1. The lowest BCUT2D eigenvalue weighted by atomic mass is 10.00. The summed E-state index contributed by atoms with van der Waals surface area (Å²) in [4.78, 5) is 1.04. The number of rotatable bonds is 3. The summed E-state index contributed by atoms with van der Waals surface area (Å²) in [6.07, 6.45) is 0.328. The van der Waals surface area contributed by atoms with Crippen LogP contribution in [0.4, 0.5) is 0 Å². The Kier molecular flexibility index (Phi) is 3.42. The van der Waals surface area contributed by atoms with Gasteiger partial charge < -0.3 is 5.11 Å². The topological polar surface area (TPSA) is 20.2 Å². The first-order valence-electron chi connectivity index (χ1n) is 5.44. The first kappa shape index (κ1) is 11.4. The Hall–Kier alpha value is -1.12. The van der Waals surface area contributed by atoms with E-state index in [0.717, 1.165) is 4.88 Å². The van der Waals surface area contributed by atoms with Crippen LogP contribution < -0.4 is 0 Å². The van der Waals surface area contributed by atoms with Crippen LogP contribution in [0.15, 0.2) is 35.7 Å². The molecule has 2 rings (SSSR count). The van der Waals surface area contributed by atoms with Gasteiger partial charge in [0.2, 0.25) is 0 Å². The molecular formula is C14H16OS. The van der Waals surface area contributed by atoms with Crippen molar-refractivity contribution in [3.63, 3.8) is 0 Å². The molecule has 2 aromatic rings. The van der Waals surface area contributed by atoms with Crippen LogP contribution in [-0.2, 0) is 6.42 Å². The van der Waals surface area contributed by atoms with Crippen molar-refractivity contribution in [3.8, 4) is 0 Å². The van der Waals surface area contributed by atoms with Gasteiger partial charge in [0.05, 0.1) is 6.10 Å². The van der Waals surface area contributed by atoms with E-state index in [1.165, 1.54) is 16.7 Å². The van der Waals surface area contributed by atoms with Crippen molar-refractivity contribution < 1.29 is 5.11 Å². The second-order valence-electron chi connectivity index (χ2n) is 4.17. The van der Waals surface area contributed by atoms with Crippen molar-refractivity contribution in [2.24, 2.45) is 0 Å². The van der Waals surface area contributed by atoms with Crippen LogP contribution in [0.3, 0.4) is 0 Å². The van der Waals surface area contributed by atoms with Crippen LogP contribution in [0.1, 0.15) is 27.7 Å². The summed E-state index contributed by atoms with van der Waals surface area (Å²) < 4.78 is 0. The van der Waals surface area contributed by atoms with Crippen molar-refractivity contribution in [2.75, 3.05) is 0 Å². The van der Waals surface area contributed by atoms with Crippen molar-refractivity contribution in [1.82, 2.24) is 0 Å². The molecule has 1 unspecified atom stereocenters. The molecule has 0 aliphatic heterocycles. The molecule has 1 heterocycles. The number of benzene rings is 1. The van der Waals surface area contributed by atoms with Gasteiger partial charge >= 0.3 is 0 Å². The lowest BCUT2D eigenvalue weighted by Gasteiger charge is -2.11. The summed E-state index contributed by atoms with van der Waals surface area (Å²) in [7, 11) is 0. The fourth-order valence-corrected chi connectivity index (χ4v) is 2.52. The van der Waals surface area contributed by atoms with E-state index in [0.29, 0.717) is 6.42 Å². The average molecular weight is 232 g/mol. The highest BCUT2D eigenvalue weighted by molar-refractivity contribution is 7.10. The van der Waals surface area contributed by atoms with E-state index < -0.39 is 0 Å². The molecule has 2 heteroatoms. The number of thiophene rings is 1. The lowest BCUT2D eigenvalue weighted by Crippen LogP contribution is -2.01. The van der Waals surface area contributed by atoms with Crippen molar-refractivity contribution >= 4 is 11.3 Å². The molecule has 84 valence electrons. The molecule has 1 nitrogen and oxygen atoms in total. The van der Waals surface area contributed by atoms with E-state index in [1.807, 2.05) is 17.5 Å². The van der Waals surface area contributed by atoms with E-state index in [-0.39, 0.29) is 6.10 Å². The third-order valence-electron chi connectivity index (χ3n) is 2.79. The highest BCUT2D eigenvalue weighted by Gasteiger charge is 2.10. The fraction of sp³-hybridized carbons (Fsp3) is 0.286.